The summed E-state index contributed by atoms with van der Waals surface area (Å²) < 4.78 is 5.21. The van der Waals surface area contributed by atoms with E-state index in [1.54, 1.807) is 35.2 Å². The fourth-order valence-electron chi connectivity index (χ4n) is 2.61. The molecular weight excluding hydrogens is 346 g/mol. The molecule has 0 saturated carbocycles. The highest BCUT2D eigenvalue weighted by molar-refractivity contribution is 6.30. The molecule has 8 heteroatoms. The van der Waals surface area contributed by atoms with Gasteiger partial charge in [0.05, 0.1) is 18.7 Å². The number of furan rings is 1. The molecule has 1 saturated heterocycles. The van der Waals surface area contributed by atoms with Crippen molar-refractivity contribution in [2.45, 2.75) is 13.0 Å². The van der Waals surface area contributed by atoms with Crippen molar-refractivity contribution >= 4 is 29.3 Å². The number of nitrogens with one attached hydrogen (secondary N) is 2. The molecule has 1 aliphatic heterocycles. The topological polar surface area (TPSA) is 91.7 Å². The second kappa shape index (κ2) is 7.40. The van der Waals surface area contributed by atoms with E-state index in [4.69, 9.17) is 16.0 Å². The first-order chi connectivity index (χ1) is 12.0. The summed E-state index contributed by atoms with van der Waals surface area (Å²) in [4.78, 5) is 37.7. The summed E-state index contributed by atoms with van der Waals surface area (Å²) >= 11 is 5.83. The Kier molecular flexibility index (Phi) is 5.04. The molecule has 0 aliphatic carbocycles. The predicted molar refractivity (Wildman–Crippen MR) is 89.3 cm³/mol. The van der Waals surface area contributed by atoms with Crippen LogP contribution in [0.5, 0.6) is 0 Å². The van der Waals surface area contributed by atoms with E-state index in [2.05, 4.69) is 10.9 Å². The highest BCUT2D eigenvalue weighted by Crippen LogP contribution is 2.20. The molecule has 0 spiro atoms. The third kappa shape index (κ3) is 4.19. The Morgan fingerprint density at radius 1 is 1.24 bits per heavy atom. The summed E-state index contributed by atoms with van der Waals surface area (Å²) in [5, 5.41) is 0.425. The summed E-state index contributed by atoms with van der Waals surface area (Å²) in [6.07, 6.45) is 1.63. The fraction of sp³-hybridized carbons (Fsp3) is 0.235. The highest BCUT2D eigenvalue weighted by atomic mass is 35.5. The van der Waals surface area contributed by atoms with Crippen LogP contribution in [0.1, 0.15) is 22.5 Å². The van der Waals surface area contributed by atoms with Crippen LogP contribution in [0.2, 0.25) is 5.02 Å². The molecule has 1 aromatic heterocycles. The van der Waals surface area contributed by atoms with E-state index in [0.29, 0.717) is 22.9 Å². The molecule has 7 nitrogen and oxygen atoms in total. The smallest absolute Gasteiger partial charge is 0.269 e. The lowest BCUT2D eigenvalue weighted by Gasteiger charge is -2.15. The van der Waals surface area contributed by atoms with E-state index in [1.165, 1.54) is 12.3 Å². The third-order valence-electron chi connectivity index (χ3n) is 3.90. The summed E-state index contributed by atoms with van der Waals surface area (Å²) in [5.74, 6) is -0.887. The maximum absolute atomic E-state index is 12.2. The standard InChI is InChI=1S/C17H16ClN3O4/c18-13-4-1-3-11(7-13)16(23)19-20-17(24)12-8-15(22)21(9-12)10-14-5-2-6-25-14/h1-7,12H,8-10H2,(H,19,23)(H,20,24). The Morgan fingerprint density at radius 3 is 2.80 bits per heavy atom. The quantitative estimate of drug-likeness (QED) is 0.811. The Balaban J connectivity index is 1.52. The molecule has 1 unspecified atom stereocenters. The number of carbonyl (C=O) groups excluding carboxylic acids is 3. The molecule has 2 heterocycles. The van der Waals surface area contributed by atoms with Crippen molar-refractivity contribution in [1.82, 2.24) is 15.8 Å². The number of hydrogen-bond acceptors (Lipinski definition) is 4. The van der Waals surface area contributed by atoms with Crippen LogP contribution in [0.3, 0.4) is 0 Å². The summed E-state index contributed by atoms with van der Waals surface area (Å²) in [6, 6.07) is 9.87. The van der Waals surface area contributed by atoms with Crippen LogP contribution >= 0.6 is 11.6 Å². The Labute approximate surface area is 148 Å². The molecule has 3 rings (SSSR count). The van der Waals surface area contributed by atoms with E-state index < -0.39 is 17.7 Å². The number of rotatable bonds is 4. The lowest BCUT2D eigenvalue weighted by molar-refractivity contribution is -0.129. The first-order valence-corrected chi connectivity index (χ1v) is 8.06. The van der Waals surface area contributed by atoms with E-state index in [0.717, 1.165) is 0 Å². The van der Waals surface area contributed by atoms with Gasteiger partial charge in [-0.25, -0.2) is 0 Å². The van der Waals surface area contributed by atoms with Gasteiger partial charge in [0, 0.05) is 23.6 Å². The van der Waals surface area contributed by atoms with Gasteiger partial charge in [0.25, 0.3) is 5.91 Å². The van der Waals surface area contributed by atoms with E-state index >= 15 is 0 Å². The zero-order valence-electron chi connectivity index (χ0n) is 13.2. The number of halogens is 1. The Bertz CT molecular complexity index is 791. The molecule has 1 fully saturated rings. The van der Waals surface area contributed by atoms with Gasteiger partial charge in [0.2, 0.25) is 11.8 Å². The first-order valence-electron chi connectivity index (χ1n) is 7.69. The van der Waals surface area contributed by atoms with Crippen molar-refractivity contribution in [3.8, 4) is 0 Å². The number of carbonyl (C=O) groups is 3. The van der Waals surface area contributed by atoms with Crippen LogP contribution in [0.15, 0.2) is 47.1 Å². The zero-order chi connectivity index (χ0) is 17.8. The summed E-state index contributed by atoms with van der Waals surface area (Å²) in [5.41, 5.74) is 5.02. The number of likely N-dealkylation sites (tertiary alicyclic amines) is 1. The minimum absolute atomic E-state index is 0.0968. The van der Waals surface area contributed by atoms with Gasteiger partial charge in [0.15, 0.2) is 0 Å². The minimum Gasteiger partial charge on any atom is -0.467 e. The highest BCUT2D eigenvalue weighted by Gasteiger charge is 2.34. The van der Waals surface area contributed by atoms with Gasteiger partial charge < -0.3 is 9.32 Å². The van der Waals surface area contributed by atoms with Crippen LogP contribution in [-0.4, -0.2) is 29.2 Å². The molecule has 1 atom stereocenters. The minimum atomic E-state index is -0.526. The molecule has 3 amide bonds. The van der Waals surface area contributed by atoms with Gasteiger partial charge in [-0.2, -0.15) is 0 Å². The monoisotopic (exact) mass is 361 g/mol. The molecule has 2 N–H and O–H groups in total. The van der Waals surface area contributed by atoms with Crippen LogP contribution in [0.25, 0.3) is 0 Å². The SMILES string of the molecule is O=C(NNC(=O)C1CC(=O)N(Cc2ccco2)C1)c1cccc(Cl)c1. The lowest BCUT2D eigenvalue weighted by atomic mass is 10.1. The number of benzene rings is 1. The van der Waals surface area contributed by atoms with Gasteiger partial charge in [-0.3, -0.25) is 25.2 Å². The second-order valence-corrected chi connectivity index (χ2v) is 6.14. The van der Waals surface area contributed by atoms with Gasteiger partial charge in [0.1, 0.15) is 5.76 Å². The maximum Gasteiger partial charge on any atom is 0.269 e. The van der Waals surface area contributed by atoms with Gasteiger partial charge in [-0.1, -0.05) is 17.7 Å². The molecule has 130 valence electrons. The normalized spacial score (nSPS) is 16.8. The van der Waals surface area contributed by atoms with E-state index in [1.807, 2.05) is 0 Å². The van der Waals surface area contributed by atoms with Crippen molar-refractivity contribution in [2.75, 3.05) is 6.54 Å². The van der Waals surface area contributed by atoms with Crippen molar-refractivity contribution in [3.05, 3.63) is 59.0 Å². The van der Waals surface area contributed by atoms with Gasteiger partial charge >= 0.3 is 0 Å². The third-order valence-corrected chi connectivity index (χ3v) is 4.13. The van der Waals surface area contributed by atoms with Gasteiger partial charge in [-0.15, -0.1) is 0 Å². The summed E-state index contributed by atoms with van der Waals surface area (Å²) in [7, 11) is 0. The predicted octanol–water partition coefficient (Wildman–Crippen LogP) is 1.74. The molecule has 1 aromatic carbocycles. The van der Waals surface area contributed by atoms with Crippen LogP contribution in [0.4, 0.5) is 0 Å². The van der Waals surface area contributed by atoms with E-state index in [-0.39, 0.29) is 18.9 Å². The molecule has 1 aliphatic rings. The Hall–Kier alpha value is -2.80. The van der Waals surface area contributed by atoms with E-state index in [9.17, 15) is 14.4 Å². The molecule has 2 aromatic rings. The van der Waals surface area contributed by atoms with Crippen LogP contribution < -0.4 is 10.9 Å². The maximum atomic E-state index is 12.2. The molecule has 0 bridgehead atoms. The largest absolute Gasteiger partial charge is 0.467 e. The summed E-state index contributed by atoms with van der Waals surface area (Å²) in [6.45, 7) is 0.600. The molecule has 0 radical (unpaired) electrons. The van der Waals surface area contributed by atoms with Crippen LogP contribution in [0, 0.1) is 5.92 Å². The average Bonchev–Trinajstić information content (AvgIpc) is 3.23. The second-order valence-electron chi connectivity index (χ2n) is 5.71. The lowest BCUT2D eigenvalue weighted by Crippen LogP contribution is -2.45. The number of hydrogen-bond donors (Lipinski definition) is 2. The zero-order valence-corrected chi connectivity index (χ0v) is 14.0. The van der Waals surface area contributed by atoms with Crippen molar-refractivity contribution < 1.29 is 18.8 Å². The van der Waals surface area contributed by atoms with Crippen LogP contribution in [-0.2, 0) is 16.1 Å². The molecule has 25 heavy (non-hydrogen) atoms. The van der Waals surface area contributed by atoms with Crippen molar-refractivity contribution in [3.63, 3.8) is 0 Å². The first kappa shape index (κ1) is 17.0. The number of nitrogens with zero attached hydrogens (tertiary/aromatic N) is 1. The molecular formula is C17H16ClN3O4. The average molecular weight is 362 g/mol. The number of amides is 3. The Morgan fingerprint density at radius 2 is 2.08 bits per heavy atom. The van der Waals surface area contributed by atoms with Crippen molar-refractivity contribution in [2.24, 2.45) is 5.92 Å². The van der Waals surface area contributed by atoms with Gasteiger partial charge in [-0.05, 0) is 30.3 Å². The van der Waals surface area contributed by atoms with Crippen molar-refractivity contribution in [1.29, 1.82) is 0 Å². The fourth-order valence-corrected chi connectivity index (χ4v) is 2.80. The number of hydrazine groups is 1.